The summed E-state index contributed by atoms with van der Waals surface area (Å²) in [5.74, 6) is 0.843. The van der Waals surface area contributed by atoms with Crippen LogP contribution < -0.4 is 0 Å². The van der Waals surface area contributed by atoms with Crippen LogP contribution in [0.5, 0.6) is 0 Å². The largest absolute Gasteiger partial charge is 0.341 e. The van der Waals surface area contributed by atoms with E-state index in [0.717, 1.165) is 18.5 Å². The minimum Gasteiger partial charge on any atom is -0.341 e. The molecular weight excluding hydrogens is 364 g/mol. The number of hydrogen-bond donors (Lipinski definition) is 0. The van der Waals surface area contributed by atoms with Crippen molar-refractivity contribution >= 4 is 11.8 Å². The molecule has 1 saturated heterocycles. The van der Waals surface area contributed by atoms with Gasteiger partial charge >= 0.3 is 0 Å². The Hall–Kier alpha value is -2.63. The predicted octanol–water partition coefficient (Wildman–Crippen LogP) is 3.19. The Bertz CT molecular complexity index is 826. The third-order valence-electron chi connectivity index (χ3n) is 6.14. The van der Waals surface area contributed by atoms with E-state index in [1.165, 1.54) is 25.7 Å². The van der Waals surface area contributed by atoms with E-state index in [1.807, 2.05) is 34.2 Å². The highest BCUT2D eigenvalue weighted by Gasteiger charge is 2.26. The number of aromatic nitrogens is 2. The molecule has 29 heavy (non-hydrogen) atoms. The van der Waals surface area contributed by atoms with Gasteiger partial charge in [0.15, 0.2) is 0 Å². The Balaban J connectivity index is 1.32. The molecule has 0 radical (unpaired) electrons. The van der Waals surface area contributed by atoms with Gasteiger partial charge in [-0.05, 0) is 30.7 Å². The smallest absolute Gasteiger partial charge is 0.257 e. The number of carbonyl (C=O) groups is 2. The van der Waals surface area contributed by atoms with E-state index in [-0.39, 0.29) is 11.8 Å². The van der Waals surface area contributed by atoms with Crippen molar-refractivity contribution in [3.05, 3.63) is 53.9 Å². The van der Waals surface area contributed by atoms with Gasteiger partial charge in [0, 0.05) is 38.8 Å². The zero-order valence-electron chi connectivity index (χ0n) is 17.0. The van der Waals surface area contributed by atoms with Gasteiger partial charge in [0.2, 0.25) is 5.91 Å². The lowest BCUT2D eigenvalue weighted by molar-refractivity contribution is -0.132. The van der Waals surface area contributed by atoms with Crippen LogP contribution in [-0.4, -0.2) is 57.6 Å². The van der Waals surface area contributed by atoms with Crippen LogP contribution in [0.15, 0.2) is 42.7 Å². The molecule has 1 aliphatic heterocycles. The highest BCUT2D eigenvalue weighted by molar-refractivity contribution is 5.93. The van der Waals surface area contributed by atoms with Crippen LogP contribution >= 0.6 is 0 Å². The van der Waals surface area contributed by atoms with Crippen LogP contribution in [0.3, 0.4) is 0 Å². The molecular formula is C23H30N4O2. The van der Waals surface area contributed by atoms with E-state index in [4.69, 9.17) is 0 Å². The average molecular weight is 395 g/mol. The summed E-state index contributed by atoms with van der Waals surface area (Å²) in [5.41, 5.74) is 1.77. The van der Waals surface area contributed by atoms with Crippen molar-refractivity contribution in [2.24, 2.45) is 5.92 Å². The van der Waals surface area contributed by atoms with Gasteiger partial charge in [-0.25, -0.2) is 0 Å². The number of nitrogens with zero attached hydrogens (tertiary/aromatic N) is 4. The second-order valence-corrected chi connectivity index (χ2v) is 8.29. The van der Waals surface area contributed by atoms with Gasteiger partial charge in [-0.3, -0.25) is 14.3 Å². The minimum absolute atomic E-state index is 0.00871. The Morgan fingerprint density at radius 2 is 1.66 bits per heavy atom. The van der Waals surface area contributed by atoms with Crippen molar-refractivity contribution in [1.82, 2.24) is 19.6 Å². The molecule has 2 aliphatic rings. The van der Waals surface area contributed by atoms with Crippen molar-refractivity contribution < 1.29 is 9.59 Å². The monoisotopic (exact) mass is 394 g/mol. The fourth-order valence-corrected chi connectivity index (χ4v) is 4.47. The summed E-state index contributed by atoms with van der Waals surface area (Å²) in [6.45, 7) is 3.32. The Morgan fingerprint density at radius 3 is 2.45 bits per heavy atom. The third-order valence-corrected chi connectivity index (χ3v) is 6.14. The second-order valence-electron chi connectivity index (χ2n) is 8.29. The molecule has 2 amide bonds. The maximum atomic E-state index is 12.9. The molecule has 1 aliphatic carbocycles. The molecule has 0 bridgehead atoms. The first-order chi connectivity index (χ1) is 14.2. The first-order valence-corrected chi connectivity index (χ1v) is 10.8. The van der Waals surface area contributed by atoms with E-state index in [9.17, 15) is 9.59 Å². The lowest BCUT2D eigenvalue weighted by atomic mass is 10.0. The van der Waals surface area contributed by atoms with E-state index >= 15 is 0 Å². The molecule has 6 nitrogen and oxygen atoms in total. The molecule has 0 spiro atoms. The Kier molecular flexibility index (Phi) is 6.27. The van der Waals surface area contributed by atoms with Crippen LogP contribution in [0.25, 0.3) is 0 Å². The quantitative estimate of drug-likeness (QED) is 0.783. The third kappa shape index (κ3) is 5.05. The first-order valence-electron chi connectivity index (χ1n) is 10.8. The second kappa shape index (κ2) is 9.25. The number of carbonyl (C=O) groups excluding carboxylic acids is 2. The maximum absolute atomic E-state index is 12.9. The van der Waals surface area contributed by atoms with Gasteiger partial charge in [0.25, 0.3) is 5.91 Å². The SMILES string of the molecule is O=C(CC1CCCC1)N1CCCN(C(=O)c2cnn(Cc3ccccc3)c2)CC1. The van der Waals surface area contributed by atoms with Crippen molar-refractivity contribution in [3.8, 4) is 0 Å². The van der Waals surface area contributed by atoms with Gasteiger partial charge in [-0.2, -0.15) is 5.10 Å². The van der Waals surface area contributed by atoms with Crippen molar-refractivity contribution in [2.45, 2.75) is 45.1 Å². The Morgan fingerprint density at radius 1 is 0.931 bits per heavy atom. The summed E-state index contributed by atoms with van der Waals surface area (Å²) >= 11 is 0. The maximum Gasteiger partial charge on any atom is 0.257 e. The zero-order valence-corrected chi connectivity index (χ0v) is 17.0. The van der Waals surface area contributed by atoms with Crippen LogP contribution in [0, 0.1) is 5.92 Å². The summed E-state index contributed by atoms with van der Waals surface area (Å²) < 4.78 is 1.80. The molecule has 0 unspecified atom stereocenters. The molecule has 4 rings (SSSR count). The minimum atomic E-state index is 0.00871. The van der Waals surface area contributed by atoms with Gasteiger partial charge in [0.05, 0.1) is 18.3 Å². The van der Waals surface area contributed by atoms with Crippen molar-refractivity contribution in [2.75, 3.05) is 26.2 Å². The van der Waals surface area contributed by atoms with E-state index in [2.05, 4.69) is 17.2 Å². The average Bonchev–Trinajstić information content (AvgIpc) is 3.35. The molecule has 1 aromatic heterocycles. The van der Waals surface area contributed by atoms with E-state index in [0.29, 0.717) is 44.1 Å². The topological polar surface area (TPSA) is 58.4 Å². The standard InChI is InChI=1S/C23H30N4O2/c28-22(15-19-7-4-5-8-19)25-11-6-12-26(14-13-25)23(29)21-16-24-27(18-21)17-20-9-2-1-3-10-20/h1-3,9-10,16,18-19H,4-8,11-15,17H2. The fourth-order valence-electron chi connectivity index (χ4n) is 4.47. The predicted molar refractivity (Wildman–Crippen MR) is 111 cm³/mol. The molecule has 6 heteroatoms. The summed E-state index contributed by atoms with van der Waals surface area (Å²) in [7, 11) is 0. The summed E-state index contributed by atoms with van der Waals surface area (Å²) in [4.78, 5) is 29.4. The van der Waals surface area contributed by atoms with Gasteiger partial charge in [-0.15, -0.1) is 0 Å². The lowest BCUT2D eigenvalue weighted by Crippen LogP contribution is -2.37. The van der Waals surface area contributed by atoms with Crippen molar-refractivity contribution in [3.63, 3.8) is 0 Å². The lowest BCUT2D eigenvalue weighted by Gasteiger charge is -2.23. The van der Waals surface area contributed by atoms with Crippen LogP contribution in [0.4, 0.5) is 0 Å². The molecule has 154 valence electrons. The molecule has 2 heterocycles. The van der Waals surface area contributed by atoms with Crippen LogP contribution in [0.2, 0.25) is 0 Å². The highest BCUT2D eigenvalue weighted by Crippen LogP contribution is 2.28. The van der Waals surface area contributed by atoms with Gasteiger partial charge in [-0.1, -0.05) is 43.2 Å². The molecule has 1 saturated carbocycles. The van der Waals surface area contributed by atoms with Gasteiger partial charge < -0.3 is 9.80 Å². The summed E-state index contributed by atoms with van der Waals surface area (Å²) in [6.07, 6.45) is 9.90. The van der Waals surface area contributed by atoms with Crippen LogP contribution in [-0.2, 0) is 11.3 Å². The summed E-state index contributed by atoms with van der Waals surface area (Å²) in [5, 5.41) is 4.36. The van der Waals surface area contributed by atoms with E-state index < -0.39 is 0 Å². The van der Waals surface area contributed by atoms with E-state index in [1.54, 1.807) is 10.9 Å². The summed E-state index contributed by atoms with van der Waals surface area (Å²) in [6, 6.07) is 10.1. The number of amides is 2. The van der Waals surface area contributed by atoms with Gasteiger partial charge in [0.1, 0.15) is 0 Å². The number of benzene rings is 1. The van der Waals surface area contributed by atoms with Crippen LogP contribution in [0.1, 0.15) is 54.4 Å². The highest BCUT2D eigenvalue weighted by atomic mass is 16.2. The fraction of sp³-hybridized carbons (Fsp3) is 0.522. The molecule has 0 N–H and O–H groups in total. The van der Waals surface area contributed by atoms with Crippen molar-refractivity contribution in [1.29, 1.82) is 0 Å². The Labute approximate surface area is 172 Å². The first kappa shape index (κ1) is 19.7. The molecule has 0 atom stereocenters. The number of hydrogen-bond acceptors (Lipinski definition) is 3. The molecule has 2 aromatic rings. The zero-order chi connectivity index (χ0) is 20.1. The molecule has 1 aromatic carbocycles. The number of rotatable bonds is 5. The molecule has 2 fully saturated rings. The normalized spacial score (nSPS) is 18.1.